The van der Waals surface area contributed by atoms with Crippen LogP contribution in [0.15, 0.2) is 29.1 Å². The van der Waals surface area contributed by atoms with Gasteiger partial charge in [-0.25, -0.2) is 4.98 Å². The average molecular weight is 392 g/mol. The van der Waals surface area contributed by atoms with Crippen molar-refractivity contribution in [2.75, 3.05) is 12.3 Å². The van der Waals surface area contributed by atoms with Crippen LogP contribution >= 0.6 is 21.6 Å². The van der Waals surface area contributed by atoms with Gasteiger partial charge in [0.25, 0.3) is 5.56 Å². The Hall–Kier alpha value is -1.47. The van der Waals surface area contributed by atoms with Gasteiger partial charge in [-0.15, -0.1) is 0 Å². The first kappa shape index (κ1) is 19.3. The van der Waals surface area contributed by atoms with Crippen LogP contribution in [0, 0.1) is 0 Å². The summed E-state index contributed by atoms with van der Waals surface area (Å²) in [5, 5.41) is 1.35. The number of hydrogen-bond acceptors (Lipinski definition) is 5. The molecule has 1 N–H and O–H groups in total. The largest absolute Gasteiger partial charge is 0.336 e. The molecule has 3 rings (SSSR count). The zero-order valence-electron chi connectivity index (χ0n) is 15.1. The first-order valence-corrected chi connectivity index (χ1v) is 11.6. The van der Waals surface area contributed by atoms with Gasteiger partial charge in [0.2, 0.25) is 5.91 Å². The molecule has 7 heteroatoms. The van der Waals surface area contributed by atoms with Crippen molar-refractivity contribution >= 4 is 38.4 Å². The van der Waals surface area contributed by atoms with Crippen LogP contribution in [0.1, 0.15) is 44.9 Å². The Labute approximate surface area is 161 Å². The predicted molar refractivity (Wildman–Crippen MR) is 110 cm³/mol. The van der Waals surface area contributed by atoms with Crippen molar-refractivity contribution < 1.29 is 4.79 Å². The van der Waals surface area contributed by atoms with E-state index in [9.17, 15) is 9.59 Å². The Kier molecular flexibility index (Phi) is 7.02. The topological polar surface area (TPSA) is 66.1 Å². The number of amides is 1. The molecule has 1 aromatic heterocycles. The van der Waals surface area contributed by atoms with Crippen LogP contribution in [0.3, 0.4) is 0 Å². The molecule has 0 spiro atoms. The standard InChI is InChI=1S/C19H25N3O2S2/c1-2-22(18(23)10-6-3-7-14-11-12-25-26-14)13-17-20-16-9-5-4-8-15(16)19(24)21-17/h4-5,8-9,14H,2-3,6-7,10-13H2,1H3,(H,20,21,24). The van der Waals surface area contributed by atoms with E-state index in [0.717, 1.165) is 18.1 Å². The third-order valence-electron chi connectivity index (χ3n) is 4.63. The number of para-hydroxylation sites is 1. The Morgan fingerprint density at radius 1 is 1.35 bits per heavy atom. The minimum atomic E-state index is -0.152. The smallest absolute Gasteiger partial charge is 0.258 e. The lowest BCUT2D eigenvalue weighted by Crippen LogP contribution is -2.31. The molecule has 5 nitrogen and oxygen atoms in total. The Balaban J connectivity index is 1.54. The summed E-state index contributed by atoms with van der Waals surface area (Å²) >= 11 is 0. The van der Waals surface area contributed by atoms with Gasteiger partial charge in [0.05, 0.1) is 17.4 Å². The normalized spacial score (nSPS) is 16.9. The summed E-state index contributed by atoms with van der Waals surface area (Å²) in [6, 6.07) is 7.27. The third kappa shape index (κ3) is 5.04. The molecule has 0 aliphatic carbocycles. The van der Waals surface area contributed by atoms with Crippen molar-refractivity contribution in [2.45, 2.75) is 50.8 Å². The number of nitrogens with one attached hydrogen (secondary N) is 1. The van der Waals surface area contributed by atoms with E-state index in [1.165, 1.54) is 18.6 Å². The maximum Gasteiger partial charge on any atom is 0.258 e. The Morgan fingerprint density at radius 3 is 2.96 bits per heavy atom. The molecule has 2 aromatic rings. The number of carbonyl (C=O) groups is 1. The zero-order chi connectivity index (χ0) is 18.4. The Bertz CT molecular complexity index is 803. The van der Waals surface area contributed by atoms with Gasteiger partial charge >= 0.3 is 0 Å². The minimum absolute atomic E-state index is 0.136. The maximum atomic E-state index is 12.5. The van der Waals surface area contributed by atoms with E-state index in [2.05, 4.69) is 9.97 Å². The molecule has 1 aliphatic heterocycles. The van der Waals surface area contributed by atoms with Crippen LogP contribution in [0.5, 0.6) is 0 Å². The number of fused-ring (bicyclic) bond motifs is 1. The van der Waals surface area contributed by atoms with Crippen molar-refractivity contribution in [3.8, 4) is 0 Å². The summed E-state index contributed by atoms with van der Waals surface area (Å²) in [6.45, 7) is 2.93. The second kappa shape index (κ2) is 9.46. The molecule has 1 aliphatic rings. The minimum Gasteiger partial charge on any atom is -0.336 e. The highest BCUT2D eigenvalue weighted by molar-refractivity contribution is 8.77. The summed E-state index contributed by atoms with van der Waals surface area (Å²) in [5.74, 6) is 1.94. The van der Waals surface area contributed by atoms with E-state index in [1.807, 2.05) is 46.7 Å². The number of aromatic amines is 1. The van der Waals surface area contributed by atoms with Crippen LogP contribution in [0.2, 0.25) is 0 Å². The zero-order valence-corrected chi connectivity index (χ0v) is 16.7. The lowest BCUT2D eigenvalue weighted by atomic mass is 10.1. The fraction of sp³-hybridized carbons (Fsp3) is 0.526. The molecule has 0 saturated carbocycles. The molecule has 0 radical (unpaired) electrons. The van der Waals surface area contributed by atoms with Gasteiger partial charge in [-0.05, 0) is 38.3 Å². The van der Waals surface area contributed by atoms with Crippen molar-refractivity contribution in [3.05, 3.63) is 40.4 Å². The highest BCUT2D eigenvalue weighted by Crippen LogP contribution is 2.39. The summed E-state index contributed by atoms with van der Waals surface area (Å²) < 4.78 is 0. The lowest BCUT2D eigenvalue weighted by molar-refractivity contribution is -0.131. The summed E-state index contributed by atoms with van der Waals surface area (Å²) in [6.07, 6.45) is 5.10. The molecule has 1 fully saturated rings. The van der Waals surface area contributed by atoms with Crippen molar-refractivity contribution in [3.63, 3.8) is 0 Å². The van der Waals surface area contributed by atoms with Crippen molar-refractivity contribution in [2.24, 2.45) is 0 Å². The quantitative estimate of drug-likeness (QED) is 0.544. The molecule has 1 saturated heterocycles. The highest BCUT2D eigenvalue weighted by Gasteiger charge is 2.17. The maximum absolute atomic E-state index is 12.5. The molecular weight excluding hydrogens is 366 g/mol. The van der Waals surface area contributed by atoms with Crippen LogP contribution in [0.25, 0.3) is 10.9 Å². The molecule has 26 heavy (non-hydrogen) atoms. The van der Waals surface area contributed by atoms with E-state index < -0.39 is 0 Å². The first-order chi connectivity index (χ1) is 12.7. The molecule has 1 aromatic carbocycles. The summed E-state index contributed by atoms with van der Waals surface area (Å²) in [5.41, 5.74) is 0.516. The Morgan fingerprint density at radius 2 is 2.19 bits per heavy atom. The highest BCUT2D eigenvalue weighted by atomic mass is 33.1. The van der Waals surface area contributed by atoms with Gasteiger partial charge in [0.1, 0.15) is 5.82 Å². The molecule has 1 atom stereocenters. The van der Waals surface area contributed by atoms with Gasteiger partial charge in [0.15, 0.2) is 0 Å². The van der Waals surface area contributed by atoms with Gasteiger partial charge < -0.3 is 9.88 Å². The van der Waals surface area contributed by atoms with Gasteiger partial charge in [-0.3, -0.25) is 9.59 Å². The molecule has 1 amide bonds. The van der Waals surface area contributed by atoms with Gasteiger partial charge in [0, 0.05) is 24.0 Å². The number of benzene rings is 1. The number of rotatable bonds is 8. The first-order valence-electron chi connectivity index (χ1n) is 9.21. The fourth-order valence-corrected chi connectivity index (χ4v) is 6.17. The van der Waals surface area contributed by atoms with Crippen LogP contribution in [0.4, 0.5) is 0 Å². The number of aromatic nitrogens is 2. The van der Waals surface area contributed by atoms with E-state index in [-0.39, 0.29) is 11.5 Å². The van der Waals surface area contributed by atoms with E-state index >= 15 is 0 Å². The molecular formula is C19H25N3O2S2. The number of carbonyl (C=O) groups excluding carboxylic acids is 1. The lowest BCUT2D eigenvalue weighted by Gasteiger charge is -2.20. The number of H-pyrrole nitrogens is 1. The third-order valence-corrected chi connectivity index (χ3v) is 7.64. The van der Waals surface area contributed by atoms with E-state index in [4.69, 9.17) is 0 Å². The number of hydrogen-bond donors (Lipinski definition) is 1. The summed E-state index contributed by atoms with van der Waals surface area (Å²) in [7, 11) is 3.96. The predicted octanol–water partition coefficient (Wildman–Crippen LogP) is 3.99. The SMILES string of the molecule is CCN(Cc1nc2ccccc2c(=O)[nH]1)C(=O)CCCCC1CCSS1. The second-order valence-corrected chi connectivity index (χ2v) is 9.30. The molecule has 1 unspecified atom stereocenters. The fourth-order valence-electron chi connectivity index (χ4n) is 3.14. The monoisotopic (exact) mass is 391 g/mol. The van der Waals surface area contributed by atoms with Crippen molar-refractivity contribution in [1.82, 2.24) is 14.9 Å². The van der Waals surface area contributed by atoms with Gasteiger partial charge in [-0.2, -0.15) is 0 Å². The van der Waals surface area contributed by atoms with E-state index in [1.54, 1.807) is 11.0 Å². The molecule has 0 bridgehead atoms. The number of nitrogens with zero attached hydrogens (tertiary/aromatic N) is 2. The van der Waals surface area contributed by atoms with Crippen molar-refractivity contribution in [1.29, 1.82) is 0 Å². The van der Waals surface area contributed by atoms with Crippen LogP contribution < -0.4 is 5.56 Å². The van der Waals surface area contributed by atoms with Crippen LogP contribution in [-0.2, 0) is 11.3 Å². The van der Waals surface area contributed by atoms with Gasteiger partial charge in [-0.1, -0.05) is 40.1 Å². The molecule has 140 valence electrons. The van der Waals surface area contributed by atoms with Crippen LogP contribution in [-0.4, -0.2) is 38.3 Å². The average Bonchev–Trinajstić information content (AvgIpc) is 3.16. The molecule has 2 heterocycles. The second-order valence-electron chi connectivity index (χ2n) is 6.51. The summed E-state index contributed by atoms with van der Waals surface area (Å²) in [4.78, 5) is 33.8. The van der Waals surface area contributed by atoms with E-state index in [0.29, 0.717) is 36.2 Å². The number of unbranched alkanes of at least 4 members (excludes halogenated alkanes) is 1.